The van der Waals surface area contributed by atoms with Gasteiger partial charge in [-0.15, -0.1) is 11.8 Å². The van der Waals surface area contributed by atoms with E-state index in [2.05, 4.69) is 27.0 Å². The van der Waals surface area contributed by atoms with Crippen molar-refractivity contribution in [1.82, 2.24) is 10.3 Å². The highest BCUT2D eigenvalue weighted by Crippen LogP contribution is 2.38. The van der Waals surface area contributed by atoms with Gasteiger partial charge in [0, 0.05) is 27.8 Å². The number of anilines is 2. The van der Waals surface area contributed by atoms with Gasteiger partial charge in [0.25, 0.3) is 11.8 Å². The van der Waals surface area contributed by atoms with Crippen LogP contribution in [0.3, 0.4) is 0 Å². The fourth-order valence-corrected chi connectivity index (χ4v) is 7.14. The lowest BCUT2D eigenvalue weighted by molar-refractivity contribution is -0.116. The zero-order valence-corrected chi connectivity index (χ0v) is 29.6. The first-order chi connectivity index (χ1) is 24.8. The number of hydrogen-bond acceptors (Lipinski definition) is 8. The molecule has 0 saturated carbocycles. The summed E-state index contributed by atoms with van der Waals surface area (Å²) in [6.07, 6.45) is 1.55. The number of thiazole rings is 1. The van der Waals surface area contributed by atoms with E-state index < -0.39 is 17.1 Å². The van der Waals surface area contributed by atoms with Crippen LogP contribution in [0.1, 0.15) is 32.3 Å². The number of nitrogens with one attached hydrogen (secondary N) is 3. The molecule has 1 aromatic heterocycles. The molecule has 3 amide bonds. The number of aromatic nitrogens is 1. The molecule has 0 saturated heterocycles. The Morgan fingerprint density at radius 2 is 1.53 bits per heavy atom. The number of amides is 3. The summed E-state index contributed by atoms with van der Waals surface area (Å²) >= 11 is 2.83. The van der Waals surface area contributed by atoms with E-state index in [9.17, 15) is 14.4 Å². The molecule has 0 aliphatic heterocycles. The largest absolute Gasteiger partial charge is 0.497 e. The van der Waals surface area contributed by atoms with Crippen LogP contribution in [-0.2, 0) is 9.59 Å². The molecular formula is C40H34N4O5S2. The van der Waals surface area contributed by atoms with Gasteiger partial charge in [0.15, 0.2) is 5.13 Å². The molecule has 1 atom stereocenters. The number of nitrogens with zero attached hydrogens (tertiary/aromatic N) is 1. The summed E-state index contributed by atoms with van der Waals surface area (Å²) < 4.78 is 11.8. The Bertz CT molecular complexity index is 2200. The summed E-state index contributed by atoms with van der Waals surface area (Å²) in [5.74, 6) is -0.130. The topological polar surface area (TPSA) is 119 Å². The number of aryl methyl sites for hydroxylation is 1. The van der Waals surface area contributed by atoms with Crippen molar-refractivity contribution in [1.29, 1.82) is 0 Å². The van der Waals surface area contributed by atoms with Crippen LogP contribution in [0.2, 0.25) is 0 Å². The highest BCUT2D eigenvalue weighted by molar-refractivity contribution is 8.00. The molecule has 51 heavy (non-hydrogen) atoms. The minimum Gasteiger partial charge on any atom is -0.497 e. The Morgan fingerprint density at radius 3 is 2.24 bits per heavy atom. The standard InChI is InChI=1S/C40H34N4O5S2/c1-25-14-21-32-35(22-25)51-40(43-32)44-39(47)36(26-10-6-4-7-11-26)50-31-19-16-29(17-20-31)41-38(46)33(42-37(45)27-12-8-5-9-13-27)23-28-15-18-30(48-2)24-34(28)49-3/h4-24,36H,1-3H3,(H,41,46)(H,42,45)(H,43,44,47)/b33-23-. The maximum atomic E-state index is 13.7. The van der Waals surface area contributed by atoms with E-state index in [1.807, 2.05) is 67.6 Å². The lowest BCUT2D eigenvalue weighted by Gasteiger charge is -2.17. The van der Waals surface area contributed by atoms with E-state index in [4.69, 9.17) is 9.47 Å². The molecule has 1 heterocycles. The number of fused-ring (bicyclic) bond motifs is 1. The number of carbonyl (C=O) groups excluding carboxylic acids is 3. The van der Waals surface area contributed by atoms with Gasteiger partial charge < -0.3 is 25.4 Å². The third kappa shape index (κ3) is 8.82. The Labute approximate surface area is 303 Å². The molecule has 256 valence electrons. The molecule has 6 rings (SSSR count). The van der Waals surface area contributed by atoms with Crippen molar-refractivity contribution in [2.45, 2.75) is 17.1 Å². The van der Waals surface area contributed by atoms with Crippen LogP contribution < -0.4 is 25.4 Å². The number of carbonyl (C=O) groups is 3. The molecule has 0 aliphatic carbocycles. The summed E-state index contributed by atoms with van der Waals surface area (Å²) in [7, 11) is 3.07. The van der Waals surface area contributed by atoms with Crippen molar-refractivity contribution in [3.63, 3.8) is 0 Å². The molecule has 0 bridgehead atoms. The maximum Gasteiger partial charge on any atom is 0.272 e. The molecule has 0 spiro atoms. The Kier molecular flexibility index (Phi) is 11.1. The lowest BCUT2D eigenvalue weighted by Crippen LogP contribution is -2.30. The minimum atomic E-state index is -0.567. The third-order valence-electron chi connectivity index (χ3n) is 7.75. The Morgan fingerprint density at radius 1 is 0.804 bits per heavy atom. The molecular weight excluding hydrogens is 681 g/mol. The number of benzene rings is 5. The van der Waals surface area contributed by atoms with Crippen molar-refractivity contribution in [3.8, 4) is 11.5 Å². The first kappa shape index (κ1) is 34.9. The fourth-order valence-electron chi connectivity index (χ4n) is 5.14. The van der Waals surface area contributed by atoms with Crippen molar-refractivity contribution in [2.75, 3.05) is 24.9 Å². The van der Waals surface area contributed by atoms with Gasteiger partial charge in [-0.25, -0.2) is 4.98 Å². The second-order valence-electron chi connectivity index (χ2n) is 11.4. The molecule has 6 aromatic rings. The number of methoxy groups -OCH3 is 2. The van der Waals surface area contributed by atoms with Crippen LogP contribution in [0.5, 0.6) is 11.5 Å². The number of rotatable bonds is 12. The summed E-state index contributed by atoms with van der Waals surface area (Å²) in [6.45, 7) is 2.02. The maximum absolute atomic E-state index is 13.7. The van der Waals surface area contributed by atoms with E-state index in [-0.39, 0.29) is 11.6 Å². The fraction of sp³-hybridized carbons (Fsp3) is 0.100. The van der Waals surface area contributed by atoms with Crippen molar-refractivity contribution < 1.29 is 23.9 Å². The summed E-state index contributed by atoms with van der Waals surface area (Å²) in [4.78, 5) is 45.9. The predicted octanol–water partition coefficient (Wildman–Crippen LogP) is 8.50. The van der Waals surface area contributed by atoms with Crippen molar-refractivity contribution >= 4 is 67.9 Å². The van der Waals surface area contributed by atoms with E-state index in [1.165, 1.54) is 30.2 Å². The smallest absolute Gasteiger partial charge is 0.272 e. The average molecular weight is 715 g/mol. The van der Waals surface area contributed by atoms with E-state index in [0.717, 1.165) is 26.2 Å². The van der Waals surface area contributed by atoms with Gasteiger partial charge in [-0.05, 0) is 84.8 Å². The first-order valence-corrected chi connectivity index (χ1v) is 17.6. The predicted molar refractivity (Wildman–Crippen MR) is 205 cm³/mol. The van der Waals surface area contributed by atoms with Crippen LogP contribution in [-0.4, -0.2) is 36.9 Å². The van der Waals surface area contributed by atoms with Crippen molar-refractivity contribution in [2.24, 2.45) is 0 Å². The van der Waals surface area contributed by atoms with E-state index in [1.54, 1.807) is 67.8 Å². The van der Waals surface area contributed by atoms with E-state index in [0.29, 0.717) is 33.4 Å². The van der Waals surface area contributed by atoms with Crippen LogP contribution in [0.25, 0.3) is 16.3 Å². The lowest BCUT2D eigenvalue weighted by atomic mass is 10.1. The van der Waals surface area contributed by atoms with Crippen LogP contribution >= 0.6 is 23.1 Å². The van der Waals surface area contributed by atoms with Crippen molar-refractivity contribution in [3.05, 3.63) is 149 Å². The number of thioether (sulfide) groups is 1. The van der Waals surface area contributed by atoms with Crippen LogP contribution in [0.15, 0.2) is 132 Å². The van der Waals surface area contributed by atoms with Gasteiger partial charge >= 0.3 is 0 Å². The van der Waals surface area contributed by atoms with Gasteiger partial charge in [0.2, 0.25) is 5.91 Å². The number of ether oxygens (including phenoxy) is 2. The van der Waals surface area contributed by atoms with Gasteiger partial charge in [0.1, 0.15) is 22.4 Å². The highest BCUT2D eigenvalue weighted by Gasteiger charge is 2.24. The zero-order valence-electron chi connectivity index (χ0n) is 28.0. The molecule has 11 heteroatoms. The quantitative estimate of drug-likeness (QED) is 0.0860. The summed E-state index contributed by atoms with van der Waals surface area (Å²) in [5.41, 5.74) is 4.27. The molecule has 5 aromatic carbocycles. The first-order valence-electron chi connectivity index (χ1n) is 15.9. The monoisotopic (exact) mass is 714 g/mol. The number of hydrogen-bond donors (Lipinski definition) is 3. The second-order valence-corrected chi connectivity index (χ2v) is 13.6. The Balaban J connectivity index is 1.21. The SMILES string of the molecule is COc1ccc(/C=C(\NC(=O)c2ccccc2)C(=O)Nc2ccc(SC(C(=O)Nc3nc4ccc(C)cc4s3)c3ccccc3)cc2)c(OC)c1. The average Bonchev–Trinajstić information content (AvgIpc) is 3.56. The van der Waals surface area contributed by atoms with E-state index >= 15 is 0 Å². The van der Waals surface area contributed by atoms with Gasteiger partial charge in [-0.1, -0.05) is 65.9 Å². The normalized spacial score (nSPS) is 11.8. The summed E-state index contributed by atoms with van der Waals surface area (Å²) in [6, 6.07) is 36.5. The van der Waals surface area contributed by atoms with Crippen LogP contribution in [0.4, 0.5) is 10.8 Å². The third-order valence-corrected chi connectivity index (χ3v) is 9.95. The Hall–Kier alpha value is -5.91. The van der Waals surface area contributed by atoms with Gasteiger partial charge in [-0.3, -0.25) is 14.4 Å². The zero-order chi connectivity index (χ0) is 35.7. The highest BCUT2D eigenvalue weighted by atomic mass is 32.2. The van der Waals surface area contributed by atoms with Gasteiger partial charge in [-0.2, -0.15) is 0 Å². The van der Waals surface area contributed by atoms with Crippen LogP contribution in [0, 0.1) is 6.92 Å². The molecule has 3 N–H and O–H groups in total. The molecule has 1 unspecified atom stereocenters. The van der Waals surface area contributed by atoms with Gasteiger partial charge in [0.05, 0.1) is 24.4 Å². The molecule has 9 nitrogen and oxygen atoms in total. The molecule has 0 aliphatic rings. The molecule has 0 fully saturated rings. The molecule has 0 radical (unpaired) electrons. The minimum absolute atomic E-state index is 0.0107. The second kappa shape index (κ2) is 16.2. The summed E-state index contributed by atoms with van der Waals surface area (Å²) in [5, 5.41) is 8.62.